The molecule has 0 bridgehead atoms. The van der Waals surface area contributed by atoms with Crippen molar-refractivity contribution in [2.24, 2.45) is 0 Å². The number of aromatic amines is 1. The second-order valence-corrected chi connectivity index (χ2v) is 5.53. The number of hydrogen-bond acceptors (Lipinski definition) is 3. The molecule has 1 amide bonds. The van der Waals surface area contributed by atoms with E-state index in [0.29, 0.717) is 0 Å². The molecule has 5 nitrogen and oxygen atoms in total. The van der Waals surface area contributed by atoms with Crippen LogP contribution in [0.5, 0.6) is 0 Å². The molecule has 5 heteroatoms. The second-order valence-electron chi connectivity index (χ2n) is 5.53. The van der Waals surface area contributed by atoms with Crippen molar-refractivity contribution in [1.29, 1.82) is 0 Å². The third kappa shape index (κ3) is 3.28. The topological polar surface area (TPSA) is 71.2 Å². The Bertz CT molecular complexity index is 749. The van der Waals surface area contributed by atoms with Gasteiger partial charge in [0.05, 0.1) is 7.11 Å². The SMILES string of the molecule is CCC1=C(C)C(=O)N/C1=C\c1[nH]c(C)c(/C=C/C(=O)OC)c1C. The van der Waals surface area contributed by atoms with Gasteiger partial charge in [0.15, 0.2) is 0 Å². The summed E-state index contributed by atoms with van der Waals surface area (Å²) >= 11 is 0. The Hall–Kier alpha value is -2.56. The zero-order valence-corrected chi connectivity index (χ0v) is 14.2. The van der Waals surface area contributed by atoms with Gasteiger partial charge in [0.1, 0.15) is 0 Å². The number of aromatic nitrogens is 1. The number of H-pyrrole nitrogens is 1. The Kier molecular flexibility index (Phi) is 4.89. The molecule has 0 saturated carbocycles. The van der Waals surface area contributed by atoms with Crippen LogP contribution in [0.2, 0.25) is 0 Å². The van der Waals surface area contributed by atoms with Crippen LogP contribution in [0.3, 0.4) is 0 Å². The predicted octanol–water partition coefficient (Wildman–Crippen LogP) is 3.01. The zero-order valence-electron chi connectivity index (χ0n) is 14.2. The van der Waals surface area contributed by atoms with E-state index in [4.69, 9.17) is 0 Å². The quantitative estimate of drug-likeness (QED) is 0.663. The first-order valence-electron chi connectivity index (χ1n) is 7.57. The number of ether oxygens (including phenoxy) is 1. The molecular formula is C18H22N2O3. The molecule has 0 atom stereocenters. The van der Waals surface area contributed by atoms with Crippen LogP contribution in [0.15, 0.2) is 22.9 Å². The number of aryl methyl sites for hydroxylation is 1. The van der Waals surface area contributed by atoms with Crippen molar-refractivity contribution in [3.63, 3.8) is 0 Å². The second kappa shape index (κ2) is 6.69. The molecule has 0 aromatic carbocycles. The van der Waals surface area contributed by atoms with E-state index >= 15 is 0 Å². The lowest BCUT2D eigenvalue weighted by atomic mass is 10.0. The maximum atomic E-state index is 11.8. The monoisotopic (exact) mass is 314 g/mol. The minimum absolute atomic E-state index is 0.0418. The molecule has 0 unspecified atom stereocenters. The van der Waals surface area contributed by atoms with Gasteiger partial charge in [-0.3, -0.25) is 4.79 Å². The Balaban J connectivity index is 2.40. The van der Waals surface area contributed by atoms with Gasteiger partial charge in [-0.05, 0) is 56.0 Å². The molecule has 2 heterocycles. The average molecular weight is 314 g/mol. The van der Waals surface area contributed by atoms with Gasteiger partial charge in [-0.15, -0.1) is 0 Å². The van der Waals surface area contributed by atoms with Crippen molar-refractivity contribution in [3.05, 3.63) is 45.4 Å². The van der Waals surface area contributed by atoms with Crippen molar-refractivity contribution in [1.82, 2.24) is 10.3 Å². The van der Waals surface area contributed by atoms with Gasteiger partial charge in [-0.2, -0.15) is 0 Å². The molecule has 0 spiro atoms. The number of hydrogen-bond donors (Lipinski definition) is 2. The van der Waals surface area contributed by atoms with Gasteiger partial charge in [0.25, 0.3) is 5.91 Å². The molecule has 0 aliphatic carbocycles. The molecule has 0 saturated heterocycles. The first-order valence-corrected chi connectivity index (χ1v) is 7.57. The lowest BCUT2D eigenvalue weighted by molar-refractivity contribution is -0.134. The van der Waals surface area contributed by atoms with Crippen molar-refractivity contribution in [2.75, 3.05) is 7.11 Å². The van der Waals surface area contributed by atoms with Crippen LogP contribution < -0.4 is 5.32 Å². The minimum Gasteiger partial charge on any atom is -0.466 e. The maximum Gasteiger partial charge on any atom is 0.330 e. The predicted molar refractivity (Wildman–Crippen MR) is 90.4 cm³/mol. The Morgan fingerprint density at radius 2 is 1.96 bits per heavy atom. The van der Waals surface area contributed by atoms with Gasteiger partial charge in [-0.1, -0.05) is 6.92 Å². The summed E-state index contributed by atoms with van der Waals surface area (Å²) in [6.07, 6.45) is 5.89. The zero-order chi connectivity index (χ0) is 17.1. The van der Waals surface area contributed by atoms with E-state index in [1.54, 1.807) is 6.08 Å². The summed E-state index contributed by atoms with van der Waals surface area (Å²) in [7, 11) is 1.35. The highest BCUT2D eigenvalue weighted by molar-refractivity contribution is 6.01. The van der Waals surface area contributed by atoms with Crippen LogP contribution in [0, 0.1) is 13.8 Å². The Labute approximate surface area is 136 Å². The molecule has 1 aliphatic heterocycles. The van der Waals surface area contributed by atoms with Gasteiger partial charge < -0.3 is 15.0 Å². The molecule has 0 radical (unpaired) electrons. The van der Waals surface area contributed by atoms with Crippen LogP contribution in [0.1, 0.15) is 42.8 Å². The van der Waals surface area contributed by atoms with E-state index in [2.05, 4.69) is 15.0 Å². The maximum absolute atomic E-state index is 11.8. The van der Waals surface area contributed by atoms with Gasteiger partial charge in [0.2, 0.25) is 0 Å². The number of allylic oxidation sites excluding steroid dienone is 1. The Morgan fingerprint density at radius 1 is 1.26 bits per heavy atom. The molecule has 1 aromatic heterocycles. The van der Waals surface area contributed by atoms with E-state index in [-0.39, 0.29) is 11.9 Å². The summed E-state index contributed by atoms with van der Waals surface area (Å²) in [5, 5.41) is 2.90. The first kappa shape index (κ1) is 16.8. The van der Waals surface area contributed by atoms with Crippen LogP contribution in [-0.4, -0.2) is 24.0 Å². The summed E-state index contributed by atoms with van der Waals surface area (Å²) in [5.41, 5.74) is 6.48. The number of carbonyl (C=O) groups is 2. The summed E-state index contributed by atoms with van der Waals surface area (Å²) in [6, 6.07) is 0. The van der Waals surface area contributed by atoms with Crippen LogP contribution >= 0.6 is 0 Å². The van der Waals surface area contributed by atoms with E-state index in [1.807, 2.05) is 33.8 Å². The number of rotatable bonds is 4. The molecule has 1 aliphatic rings. The summed E-state index contributed by atoms with van der Waals surface area (Å²) in [6.45, 7) is 7.80. The van der Waals surface area contributed by atoms with Crippen LogP contribution in [0.25, 0.3) is 12.2 Å². The highest BCUT2D eigenvalue weighted by atomic mass is 16.5. The van der Waals surface area contributed by atoms with Gasteiger partial charge >= 0.3 is 5.97 Å². The molecule has 1 aromatic rings. The average Bonchev–Trinajstić information content (AvgIpc) is 2.94. The number of carbonyl (C=O) groups excluding carboxylic acids is 2. The molecule has 23 heavy (non-hydrogen) atoms. The van der Waals surface area contributed by atoms with Gasteiger partial charge in [0, 0.05) is 28.7 Å². The normalized spacial score (nSPS) is 16.6. The first-order chi connectivity index (χ1) is 10.9. The fraction of sp³-hybridized carbons (Fsp3) is 0.333. The van der Waals surface area contributed by atoms with E-state index in [1.165, 1.54) is 13.2 Å². The minimum atomic E-state index is -0.389. The third-order valence-electron chi connectivity index (χ3n) is 4.13. The summed E-state index contributed by atoms with van der Waals surface area (Å²) in [4.78, 5) is 26.4. The van der Waals surface area contributed by atoms with Crippen molar-refractivity contribution < 1.29 is 14.3 Å². The smallest absolute Gasteiger partial charge is 0.330 e. The van der Waals surface area contributed by atoms with Crippen molar-refractivity contribution in [3.8, 4) is 0 Å². The van der Waals surface area contributed by atoms with Crippen molar-refractivity contribution in [2.45, 2.75) is 34.1 Å². The van der Waals surface area contributed by atoms with Crippen molar-refractivity contribution >= 4 is 24.0 Å². The lowest BCUT2D eigenvalue weighted by Crippen LogP contribution is -2.15. The van der Waals surface area contributed by atoms with Gasteiger partial charge in [-0.25, -0.2) is 4.79 Å². The van der Waals surface area contributed by atoms with Crippen LogP contribution in [-0.2, 0) is 14.3 Å². The number of nitrogens with one attached hydrogen (secondary N) is 2. The summed E-state index contributed by atoms with van der Waals surface area (Å²) < 4.78 is 4.62. The van der Waals surface area contributed by atoms with E-state index in [0.717, 1.165) is 45.8 Å². The fourth-order valence-corrected chi connectivity index (χ4v) is 2.76. The van der Waals surface area contributed by atoms with E-state index < -0.39 is 0 Å². The molecule has 122 valence electrons. The molecular weight excluding hydrogens is 292 g/mol. The largest absolute Gasteiger partial charge is 0.466 e. The molecule has 2 N–H and O–H groups in total. The lowest BCUT2D eigenvalue weighted by Gasteiger charge is -2.03. The highest BCUT2D eigenvalue weighted by Crippen LogP contribution is 2.27. The summed E-state index contributed by atoms with van der Waals surface area (Å²) in [5.74, 6) is -0.431. The van der Waals surface area contributed by atoms with Crippen LogP contribution in [0.4, 0.5) is 0 Å². The number of esters is 1. The number of amides is 1. The molecule has 2 rings (SSSR count). The molecule has 0 fully saturated rings. The number of methoxy groups -OCH3 is 1. The highest BCUT2D eigenvalue weighted by Gasteiger charge is 2.22. The standard InChI is InChI=1S/C18H22N2O3/c1-6-13-11(3)18(22)20-16(13)9-15-10(2)14(12(4)19-15)7-8-17(21)23-5/h7-9,19H,6H2,1-5H3,(H,20,22)/b8-7+,16-9-. The fourth-order valence-electron chi connectivity index (χ4n) is 2.76. The van der Waals surface area contributed by atoms with E-state index in [9.17, 15) is 9.59 Å². The Morgan fingerprint density at radius 3 is 2.57 bits per heavy atom. The third-order valence-corrected chi connectivity index (χ3v) is 4.13.